The zero-order valence-electron chi connectivity index (χ0n) is 11.4. The maximum Gasteiger partial charge on any atom is -0.0224 e. The van der Waals surface area contributed by atoms with Gasteiger partial charge in [-0.3, -0.25) is 0 Å². The molecule has 0 saturated carbocycles. The lowest BCUT2D eigenvalue weighted by atomic mass is 9.96. The molecule has 0 fully saturated rings. The zero-order chi connectivity index (χ0) is 12.5. The first-order valence-electron chi connectivity index (χ1n) is 6.85. The van der Waals surface area contributed by atoms with Crippen LogP contribution in [0.25, 0.3) is 5.57 Å². The average molecular weight is 228 g/mol. The minimum atomic E-state index is 1.18. The summed E-state index contributed by atoms with van der Waals surface area (Å²) in [5, 5.41) is 0. The molecular formula is C17H24. The Labute approximate surface area is 106 Å². The monoisotopic (exact) mass is 228 g/mol. The SMILES string of the molecule is CC.CCCc1ccc(C2=CC=CCC2)cc1. The van der Waals surface area contributed by atoms with Gasteiger partial charge in [0.15, 0.2) is 0 Å². The minimum Gasteiger partial charge on any atom is -0.0842 e. The molecule has 0 aliphatic heterocycles. The van der Waals surface area contributed by atoms with E-state index in [-0.39, 0.29) is 0 Å². The molecule has 1 aliphatic carbocycles. The zero-order valence-corrected chi connectivity index (χ0v) is 11.4. The molecule has 1 aromatic rings. The quantitative estimate of drug-likeness (QED) is 0.650. The smallest absolute Gasteiger partial charge is 0.0224 e. The molecule has 0 spiro atoms. The van der Waals surface area contributed by atoms with Crippen LogP contribution in [0.1, 0.15) is 51.2 Å². The maximum atomic E-state index is 2.26. The average Bonchev–Trinajstić information content (AvgIpc) is 2.43. The van der Waals surface area contributed by atoms with Gasteiger partial charge in [-0.25, -0.2) is 0 Å². The highest BCUT2D eigenvalue weighted by atomic mass is 14.1. The van der Waals surface area contributed by atoms with Crippen molar-refractivity contribution in [1.82, 2.24) is 0 Å². The van der Waals surface area contributed by atoms with E-state index in [2.05, 4.69) is 49.4 Å². The third kappa shape index (κ3) is 4.22. The Morgan fingerprint density at radius 2 is 1.76 bits per heavy atom. The summed E-state index contributed by atoms with van der Waals surface area (Å²) in [5.41, 5.74) is 4.31. The van der Waals surface area contributed by atoms with Crippen molar-refractivity contribution in [1.29, 1.82) is 0 Å². The summed E-state index contributed by atoms with van der Waals surface area (Å²) in [6.07, 6.45) is 11.4. The van der Waals surface area contributed by atoms with Crippen LogP contribution in [0.4, 0.5) is 0 Å². The summed E-state index contributed by atoms with van der Waals surface area (Å²) < 4.78 is 0. The van der Waals surface area contributed by atoms with Gasteiger partial charge in [0.2, 0.25) is 0 Å². The van der Waals surface area contributed by atoms with Gasteiger partial charge < -0.3 is 0 Å². The van der Waals surface area contributed by atoms with Crippen LogP contribution in [-0.4, -0.2) is 0 Å². The standard InChI is InChI=1S/C15H18.C2H6/c1-2-6-13-9-11-15(12-10-13)14-7-4-3-5-8-14;1-2/h3-4,7,9-12H,2,5-6,8H2,1H3;1-2H3. The summed E-state index contributed by atoms with van der Waals surface area (Å²) in [4.78, 5) is 0. The second kappa shape index (κ2) is 7.89. The van der Waals surface area contributed by atoms with Gasteiger partial charge in [-0.15, -0.1) is 0 Å². The van der Waals surface area contributed by atoms with Crippen LogP contribution in [-0.2, 0) is 6.42 Å². The van der Waals surface area contributed by atoms with Gasteiger partial charge in [0.25, 0.3) is 0 Å². The van der Waals surface area contributed by atoms with E-state index in [1.807, 2.05) is 13.8 Å². The molecule has 0 unspecified atom stereocenters. The summed E-state index contributed by atoms with van der Waals surface area (Å²) in [7, 11) is 0. The normalized spacial score (nSPS) is 13.7. The number of benzene rings is 1. The molecule has 0 heterocycles. The number of aryl methyl sites for hydroxylation is 1. The van der Waals surface area contributed by atoms with Crippen molar-refractivity contribution in [2.75, 3.05) is 0 Å². The molecule has 0 radical (unpaired) electrons. The number of hydrogen-bond donors (Lipinski definition) is 0. The highest BCUT2D eigenvalue weighted by Crippen LogP contribution is 2.23. The maximum absolute atomic E-state index is 2.26. The van der Waals surface area contributed by atoms with E-state index in [1.54, 1.807) is 0 Å². The molecule has 2 rings (SSSR count). The summed E-state index contributed by atoms with van der Waals surface area (Å²) >= 11 is 0. The van der Waals surface area contributed by atoms with Gasteiger partial charge in [0.05, 0.1) is 0 Å². The number of rotatable bonds is 3. The first kappa shape index (κ1) is 13.8. The molecule has 17 heavy (non-hydrogen) atoms. The molecule has 0 nitrogen and oxygen atoms in total. The predicted molar refractivity (Wildman–Crippen MR) is 78.1 cm³/mol. The molecule has 0 aromatic heterocycles. The fourth-order valence-corrected chi connectivity index (χ4v) is 2.02. The highest BCUT2D eigenvalue weighted by Gasteiger charge is 2.02. The molecule has 0 saturated heterocycles. The van der Waals surface area contributed by atoms with Crippen molar-refractivity contribution in [2.45, 2.75) is 46.5 Å². The Bertz CT molecular complexity index is 366. The van der Waals surface area contributed by atoms with E-state index in [4.69, 9.17) is 0 Å². The molecule has 1 aliphatic rings. The van der Waals surface area contributed by atoms with E-state index in [1.165, 1.54) is 42.4 Å². The second-order valence-electron chi connectivity index (χ2n) is 4.11. The fraction of sp³-hybridized carbons (Fsp3) is 0.412. The van der Waals surface area contributed by atoms with Crippen LogP contribution in [0.3, 0.4) is 0 Å². The van der Waals surface area contributed by atoms with E-state index >= 15 is 0 Å². The Hall–Kier alpha value is -1.30. The lowest BCUT2D eigenvalue weighted by molar-refractivity contribution is 0.921. The fourth-order valence-electron chi connectivity index (χ4n) is 2.02. The van der Waals surface area contributed by atoms with E-state index in [9.17, 15) is 0 Å². The Kier molecular flexibility index (Phi) is 6.39. The summed E-state index contributed by atoms with van der Waals surface area (Å²) in [5.74, 6) is 0. The first-order chi connectivity index (χ1) is 8.40. The molecule has 92 valence electrons. The molecule has 0 amide bonds. The van der Waals surface area contributed by atoms with Crippen LogP contribution < -0.4 is 0 Å². The van der Waals surface area contributed by atoms with Crippen molar-refractivity contribution in [3.63, 3.8) is 0 Å². The minimum absolute atomic E-state index is 1.18. The molecule has 0 atom stereocenters. The van der Waals surface area contributed by atoms with Crippen LogP contribution >= 0.6 is 0 Å². The van der Waals surface area contributed by atoms with Gasteiger partial charge in [0, 0.05) is 0 Å². The van der Waals surface area contributed by atoms with Crippen molar-refractivity contribution in [2.24, 2.45) is 0 Å². The third-order valence-corrected chi connectivity index (χ3v) is 2.88. The third-order valence-electron chi connectivity index (χ3n) is 2.88. The predicted octanol–water partition coefficient (Wildman–Crippen LogP) is 5.40. The van der Waals surface area contributed by atoms with Crippen LogP contribution in [0.5, 0.6) is 0 Å². The largest absolute Gasteiger partial charge is 0.0842 e. The number of allylic oxidation sites excluding steroid dienone is 4. The number of hydrogen-bond acceptors (Lipinski definition) is 0. The van der Waals surface area contributed by atoms with Crippen LogP contribution in [0, 0.1) is 0 Å². The molecular weight excluding hydrogens is 204 g/mol. The van der Waals surface area contributed by atoms with Crippen molar-refractivity contribution < 1.29 is 0 Å². The van der Waals surface area contributed by atoms with Gasteiger partial charge in [-0.05, 0) is 36.0 Å². The highest BCUT2D eigenvalue weighted by molar-refractivity contribution is 5.68. The molecule has 0 bridgehead atoms. The van der Waals surface area contributed by atoms with Crippen LogP contribution in [0.2, 0.25) is 0 Å². The van der Waals surface area contributed by atoms with E-state index < -0.39 is 0 Å². The van der Waals surface area contributed by atoms with Gasteiger partial charge in [-0.1, -0.05) is 69.7 Å². The summed E-state index contributed by atoms with van der Waals surface area (Å²) in [6, 6.07) is 9.04. The Morgan fingerprint density at radius 3 is 2.29 bits per heavy atom. The first-order valence-corrected chi connectivity index (χ1v) is 6.85. The summed E-state index contributed by atoms with van der Waals surface area (Å²) in [6.45, 7) is 6.22. The topological polar surface area (TPSA) is 0 Å². The second-order valence-corrected chi connectivity index (χ2v) is 4.11. The molecule has 0 heteroatoms. The van der Waals surface area contributed by atoms with Crippen molar-refractivity contribution in [3.8, 4) is 0 Å². The van der Waals surface area contributed by atoms with Gasteiger partial charge in [-0.2, -0.15) is 0 Å². The van der Waals surface area contributed by atoms with Gasteiger partial charge in [0.1, 0.15) is 0 Å². The Morgan fingerprint density at radius 1 is 1.06 bits per heavy atom. The lowest BCUT2D eigenvalue weighted by Crippen LogP contribution is -1.89. The van der Waals surface area contributed by atoms with E-state index in [0.29, 0.717) is 0 Å². The molecule has 0 N–H and O–H groups in total. The van der Waals surface area contributed by atoms with Crippen LogP contribution in [0.15, 0.2) is 42.5 Å². The molecule has 1 aromatic carbocycles. The van der Waals surface area contributed by atoms with Crippen molar-refractivity contribution >= 4 is 5.57 Å². The Balaban J connectivity index is 0.000000686. The van der Waals surface area contributed by atoms with E-state index in [0.717, 1.165) is 0 Å². The van der Waals surface area contributed by atoms with Crippen molar-refractivity contribution in [3.05, 3.63) is 53.6 Å². The lowest BCUT2D eigenvalue weighted by Gasteiger charge is -2.09. The van der Waals surface area contributed by atoms with Gasteiger partial charge >= 0.3 is 0 Å².